The number of nitrogens with zero attached hydrogens (tertiary/aromatic N) is 4. The predicted molar refractivity (Wildman–Crippen MR) is 98.5 cm³/mol. The Labute approximate surface area is 150 Å². The molecule has 136 valence electrons. The quantitative estimate of drug-likeness (QED) is 0.674. The third kappa shape index (κ3) is 2.81. The highest BCUT2D eigenvalue weighted by Gasteiger charge is 2.31. The second-order valence-corrected chi connectivity index (χ2v) is 6.86. The van der Waals surface area contributed by atoms with Crippen molar-refractivity contribution in [3.05, 3.63) is 40.1 Å². The molecule has 2 aromatic rings. The molecule has 8 heteroatoms. The number of non-ortho nitro benzene ring substituents is 1. The second kappa shape index (κ2) is 6.44. The highest BCUT2D eigenvalue weighted by molar-refractivity contribution is 5.97. The number of urea groups is 1. The fourth-order valence-corrected chi connectivity index (χ4v) is 4.00. The Balaban J connectivity index is 1.62. The number of aryl methyl sites for hydroxylation is 1. The molecule has 2 fully saturated rings. The minimum Gasteiger partial charge on any atom is -0.371 e. The van der Waals surface area contributed by atoms with Crippen molar-refractivity contribution in [2.45, 2.75) is 25.8 Å². The molecule has 0 aliphatic carbocycles. The van der Waals surface area contributed by atoms with E-state index in [2.05, 4.69) is 15.2 Å². The van der Waals surface area contributed by atoms with Gasteiger partial charge in [0.15, 0.2) is 5.52 Å². The van der Waals surface area contributed by atoms with Crippen molar-refractivity contribution in [1.29, 1.82) is 0 Å². The number of hydrogen-bond donors (Lipinski definition) is 1. The van der Waals surface area contributed by atoms with Crippen LogP contribution < -0.4 is 10.2 Å². The van der Waals surface area contributed by atoms with Crippen molar-refractivity contribution in [3.63, 3.8) is 0 Å². The molecule has 0 atom stereocenters. The van der Waals surface area contributed by atoms with Crippen LogP contribution in [0.15, 0.2) is 24.3 Å². The average molecular weight is 355 g/mol. The summed E-state index contributed by atoms with van der Waals surface area (Å²) in [6.07, 6.45) is 1.79. The molecule has 1 N–H and O–H groups in total. The van der Waals surface area contributed by atoms with Crippen LogP contribution in [-0.4, -0.2) is 53.1 Å². The van der Waals surface area contributed by atoms with Gasteiger partial charge in [0.2, 0.25) is 0 Å². The number of anilines is 1. The molecule has 0 bridgehead atoms. The number of fused-ring (bicyclic) bond motifs is 1. The number of hydrogen-bond acceptors (Lipinski definition) is 5. The number of para-hydroxylation sites is 1. The molecule has 1 aromatic heterocycles. The van der Waals surface area contributed by atoms with Gasteiger partial charge in [0.25, 0.3) is 5.69 Å². The smallest absolute Gasteiger partial charge is 0.317 e. The lowest BCUT2D eigenvalue weighted by atomic mass is 10.0. The number of nitrogens with one attached hydrogen (secondary N) is 1. The summed E-state index contributed by atoms with van der Waals surface area (Å²) < 4.78 is 0. The average Bonchev–Trinajstić information content (AvgIpc) is 3.06. The monoisotopic (exact) mass is 355 g/mol. The van der Waals surface area contributed by atoms with Crippen LogP contribution in [0.5, 0.6) is 0 Å². The van der Waals surface area contributed by atoms with Gasteiger partial charge in [-0.1, -0.05) is 12.1 Å². The van der Waals surface area contributed by atoms with Gasteiger partial charge in [0.1, 0.15) is 0 Å². The van der Waals surface area contributed by atoms with E-state index in [-0.39, 0.29) is 22.7 Å². The lowest BCUT2D eigenvalue weighted by Gasteiger charge is -2.37. The van der Waals surface area contributed by atoms with Gasteiger partial charge >= 0.3 is 6.03 Å². The standard InChI is InChI=1S/C18H21N5O3/c1-12-11-16(14-3-2-4-15(23(25)26)17(14)20-12)21-8-5-13(6-9-21)22-10-7-19-18(22)24/h2-4,11,13H,5-10H2,1H3,(H,19,24). The lowest BCUT2D eigenvalue weighted by molar-refractivity contribution is -0.383. The van der Waals surface area contributed by atoms with E-state index in [1.54, 1.807) is 6.07 Å². The number of pyridine rings is 1. The van der Waals surface area contributed by atoms with Crippen molar-refractivity contribution in [3.8, 4) is 0 Å². The summed E-state index contributed by atoms with van der Waals surface area (Å²) >= 11 is 0. The van der Waals surface area contributed by atoms with Gasteiger partial charge in [-0.25, -0.2) is 9.78 Å². The normalized spacial score (nSPS) is 18.4. The number of nitro groups is 1. The summed E-state index contributed by atoms with van der Waals surface area (Å²) in [5.41, 5.74) is 2.23. The van der Waals surface area contributed by atoms with Crippen molar-refractivity contribution >= 4 is 28.3 Å². The number of amides is 2. The number of benzene rings is 1. The van der Waals surface area contributed by atoms with Crippen molar-refractivity contribution in [2.75, 3.05) is 31.1 Å². The van der Waals surface area contributed by atoms with Crippen LogP contribution in [0.3, 0.4) is 0 Å². The Morgan fingerprint density at radius 3 is 2.69 bits per heavy atom. The van der Waals surface area contributed by atoms with Crippen LogP contribution in [0.1, 0.15) is 18.5 Å². The zero-order valence-electron chi connectivity index (χ0n) is 14.6. The highest BCUT2D eigenvalue weighted by atomic mass is 16.6. The molecule has 3 heterocycles. The van der Waals surface area contributed by atoms with Crippen LogP contribution in [-0.2, 0) is 0 Å². The molecule has 2 aliphatic heterocycles. The highest BCUT2D eigenvalue weighted by Crippen LogP contribution is 2.34. The molecule has 2 amide bonds. The van der Waals surface area contributed by atoms with E-state index in [1.165, 1.54) is 6.07 Å². The summed E-state index contributed by atoms with van der Waals surface area (Å²) in [4.78, 5) is 31.4. The number of piperidine rings is 1. The Bertz CT molecular complexity index is 877. The first-order valence-electron chi connectivity index (χ1n) is 8.89. The number of rotatable bonds is 3. The third-order valence-corrected chi connectivity index (χ3v) is 5.26. The fourth-order valence-electron chi connectivity index (χ4n) is 4.00. The van der Waals surface area contributed by atoms with Crippen LogP contribution >= 0.6 is 0 Å². The molecular weight excluding hydrogens is 334 g/mol. The van der Waals surface area contributed by atoms with E-state index in [0.717, 1.165) is 55.8 Å². The van der Waals surface area contributed by atoms with Crippen LogP contribution in [0.25, 0.3) is 10.9 Å². The molecular formula is C18H21N5O3. The van der Waals surface area contributed by atoms with Crippen molar-refractivity contribution in [1.82, 2.24) is 15.2 Å². The van der Waals surface area contributed by atoms with E-state index in [4.69, 9.17) is 0 Å². The third-order valence-electron chi connectivity index (χ3n) is 5.26. The SMILES string of the molecule is Cc1cc(N2CCC(N3CCNC3=O)CC2)c2cccc([N+](=O)[O-])c2n1. The molecule has 1 aromatic carbocycles. The Morgan fingerprint density at radius 2 is 2.04 bits per heavy atom. The van der Waals surface area contributed by atoms with Crippen LogP contribution in [0.4, 0.5) is 16.2 Å². The summed E-state index contributed by atoms with van der Waals surface area (Å²) in [5, 5.41) is 15.0. The van der Waals surface area contributed by atoms with Gasteiger partial charge in [-0.2, -0.15) is 0 Å². The molecule has 8 nitrogen and oxygen atoms in total. The largest absolute Gasteiger partial charge is 0.371 e. The van der Waals surface area contributed by atoms with Crippen LogP contribution in [0.2, 0.25) is 0 Å². The number of carbonyl (C=O) groups is 1. The second-order valence-electron chi connectivity index (χ2n) is 6.86. The number of aromatic nitrogens is 1. The number of carbonyl (C=O) groups excluding carboxylic acids is 1. The van der Waals surface area contributed by atoms with Gasteiger partial charge in [-0.15, -0.1) is 0 Å². The first kappa shape index (κ1) is 16.6. The lowest BCUT2D eigenvalue weighted by Crippen LogP contribution is -2.46. The molecule has 0 saturated carbocycles. The zero-order valence-corrected chi connectivity index (χ0v) is 14.6. The van der Waals surface area contributed by atoms with E-state index in [0.29, 0.717) is 5.52 Å². The van der Waals surface area contributed by atoms with Gasteiger partial charge in [0.05, 0.1) is 4.92 Å². The Kier molecular flexibility index (Phi) is 4.10. The van der Waals surface area contributed by atoms with Crippen molar-refractivity contribution in [2.24, 2.45) is 0 Å². The maximum atomic E-state index is 11.9. The van der Waals surface area contributed by atoms with Crippen LogP contribution in [0, 0.1) is 17.0 Å². The predicted octanol–water partition coefficient (Wildman–Crippen LogP) is 2.45. The summed E-state index contributed by atoms with van der Waals surface area (Å²) in [6, 6.07) is 7.39. The molecule has 2 aliphatic rings. The molecule has 2 saturated heterocycles. The van der Waals surface area contributed by atoms with E-state index >= 15 is 0 Å². The minimum absolute atomic E-state index is 0.0317. The van der Waals surface area contributed by atoms with Gasteiger partial charge in [0, 0.05) is 55.1 Å². The van der Waals surface area contributed by atoms with E-state index in [9.17, 15) is 14.9 Å². The Hall–Kier alpha value is -2.90. The Morgan fingerprint density at radius 1 is 1.27 bits per heavy atom. The van der Waals surface area contributed by atoms with Gasteiger partial charge in [-0.05, 0) is 25.8 Å². The zero-order chi connectivity index (χ0) is 18.3. The fraction of sp³-hybridized carbons (Fsp3) is 0.444. The molecule has 0 unspecified atom stereocenters. The molecule has 4 rings (SSSR count). The maximum Gasteiger partial charge on any atom is 0.317 e. The minimum atomic E-state index is -0.378. The summed E-state index contributed by atoms with van der Waals surface area (Å²) in [5.74, 6) is 0. The maximum absolute atomic E-state index is 11.9. The number of nitro benzene ring substituents is 1. The topological polar surface area (TPSA) is 91.6 Å². The van der Waals surface area contributed by atoms with Crippen molar-refractivity contribution < 1.29 is 9.72 Å². The van der Waals surface area contributed by atoms with Gasteiger partial charge in [-0.3, -0.25) is 10.1 Å². The summed E-state index contributed by atoms with van der Waals surface area (Å²) in [7, 11) is 0. The molecule has 26 heavy (non-hydrogen) atoms. The summed E-state index contributed by atoms with van der Waals surface area (Å²) in [6.45, 7) is 4.98. The first-order valence-corrected chi connectivity index (χ1v) is 8.89. The molecule has 0 radical (unpaired) electrons. The van der Waals surface area contributed by atoms with E-state index in [1.807, 2.05) is 24.0 Å². The van der Waals surface area contributed by atoms with Gasteiger partial charge < -0.3 is 15.1 Å². The first-order chi connectivity index (χ1) is 12.5. The molecule has 0 spiro atoms. The van der Waals surface area contributed by atoms with E-state index < -0.39 is 0 Å².